The van der Waals surface area contributed by atoms with Gasteiger partial charge in [-0.2, -0.15) is 4.72 Å². The van der Waals surface area contributed by atoms with Gasteiger partial charge < -0.3 is 10.2 Å². The molecule has 1 rings (SSSR count). The first-order chi connectivity index (χ1) is 8.27. The van der Waals surface area contributed by atoms with E-state index in [0.29, 0.717) is 9.90 Å². The van der Waals surface area contributed by atoms with E-state index in [1.165, 1.54) is 6.07 Å². The Morgan fingerprint density at radius 3 is 2.61 bits per heavy atom. The summed E-state index contributed by atoms with van der Waals surface area (Å²) in [6.45, 7) is 1.23. The SMILES string of the molecule is Cc1cc(S(=O)(=O)N[C@@H](CCO)C(=O)O)sc1Cl. The largest absolute Gasteiger partial charge is 0.480 e. The molecular formula is C9H12ClNO5S2. The molecule has 0 aliphatic heterocycles. The summed E-state index contributed by atoms with van der Waals surface area (Å²) in [5.74, 6) is -1.34. The van der Waals surface area contributed by atoms with Crippen LogP contribution in [0.1, 0.15) is 12.0 Å². The molecule has 0 amide bonds. The minimum absolute atomic E-state index is 0.0470. The van der Waals surface area contributed by atoms with Gasteiger partial charge in [0.15, 0.2) is 0 Å². The van der Waals surface area contributed by atoms with Crippen molar-refractivity contribution < 1.29 is 23.4 Å². The highest BCUT2D eigenvalue weighted by atomic mass is 35.5. The molecule has 9 heteroatoms. The van der Waals surface area contributed by atoms with E-state index >= 15 is 0 Å². The van der Waals surface area contributed by atoms with E-state index in [9.17, 15) is 13.2 Å². The molecule has 1 atom stereocenters. The van der Waals surface area contributed by atoms with Crippen LogP contribution in [0.3, 0.4) is 0 Å². The molecule has 0 saturated heterocycles. The van der Waals surface area contributed by atoms with Crippen LogP contribution in [-0.2, 0) is 14.8 Å². The van der Waals surface area contributed by atoms with Crippen molar-refractivity contribution in [3.05, 3.63) is 16.0 Å². The fourth-order valence-corrected chi connectivity index (χ4v) is 4.12. The number of carboxylic acid groups (broad SMARTS) is 1. The first-order valence-corrected chi connectivity index (χ1v) is 7.57. The molecule has 0 unspecified atom stereocenters. The molecule has 1 heterocycles. The molecule has 18 heavy (non-hydrogen) atoms. The molecule has 0 aliphatic rings. The van der Waals surface area contributed by atoms with Gasteiger partial charge in [0.05, 0.1) is 4.34 Å². The average molecular weight is 314 g/mol. The lowest BCUT2D eigenvalue weighted by Crippen LogP contribution is -2.41. The van der Waals surface area contributed by atoms with Crippen molar-refractivity contribution in [2.45, 2.75) is 23.6 Å². The van der Waals surface area contributed by atoms with Crippen molar-refractivity contribution >= 4 is 38.9 Å². The van der Waals surface area contributed by atoms with Crippen LogP contribution in [0.5, 0.6) is 0 Å². The molecule has 0 saturated carbocycles. The Balaban J connectivity index is 2.96. The van der Waals surface area contributed by atoms with Gasteiger partial charge in [-0.1, -0.05) is 11.6 Å². The number of hydrogen-bond acceptors (Lipinski definition) is 5. The Labute approximate surface area is 113 Å². The van der Waals surface area contributed by atoms with Crippen LogP contribution in [0, 0.1) is 6.92 Å². The fourth-order valence-electron chi connectivity index (χ4n) is 1.17. The smallest absolute Gasteiger partial charge is 0.321 e. The van der Waals surface area contributed by atoms with Crippen LogP contribution in [0.15, 0.2) is 10.3 Å². The van der Waals surface area contributed by atoms with Crippen LogP contribution in [0.4, 0.5) is 0 Å². The van der Waals surface area contributed by atoms with Crippen molar-refractivity contribution in [2.24, 2.45) is 0 Å². The number of hydrogen-bond donors (Lipinski definition) is 3. The summed E-state index contributed by atoms with van der Waals surface area (Å²) in [5.41, 5.74) is 0.607. The highest BCUT2D eigenvalue weighted by Gasteiger charge is 2.26. The number of aryl methyl sites for hydroxylation is 1. The lowest BCUT2D eigenvalue weighted by atomic mass is 10.2. The van der Waals surface area contributed by atoms with Gasteiger partial charge in [0, 0.05) is 6.61 Å². The van der Waals surface area contributed by atoms with Gasteiger partial charge in [0.1, 0.15) is 10.3 Å². The standard InChI is InChI=1S/C9H12ClNO5S2/c1-5-4-7(17-8(5)10)18(15,16)11-6(2-3-12)9(13)14/h4,6,11-12H,2-3H2,1H3,(H,13,14)/t6-/m0/s1. The second-order valence-corrected chi connectivity index (χ2v) is 7.14. The van der Waals surface area contributed by atoms with Crippen LogP contribution in [-0.4, -0.2) is 37.2 Å². The van der Waals surface area contributed by atoms with Crippen LogP contribution in [0.2, 0.25) is 4.34 Å². The number of aliphatic carboxylic acids is 1. The number of aliphatic hydroxyl groups is 1. The molecule has 0 radical (unpaired) electrons. The molecule has 0 fully saturated rings. The number of nitrogens with one attached hydrogen (secondary N) is 1. The average Bonchev–Trinajstić information content (AvgIpc) is 2.59. The number of rotatable bonds is 6. The van der Waals surface area contributed by atoms with Gasteiger partial charge >= 0.3 is 5.97 Å². The predicted octanol–water partition coefficient (Wildman–Crippen LogP) is 0.824. The molecule has 1 aromatic heterocycles. The Morgan fingerprint density at radius 2 is 2.22 bits per heavy atom. The number of sulfonamides is 1. The quantitative estimate of drug-likeness (QED) is 0.721. The summed E-state index contributed by atoms with van der Waals surface area (Å²) in [4.78, 5) is 10.8. The summed E-state index contributed by atoms with van der Waals surface area (Å²) in [6.07, 6.45) is -0.202. The zero-order valence-electron chi connectivity index (χ0n) is 9.38. The number of thiophene rings is 1. The Morgan fingerprint density at radius 1 is 1.61 bits per heavy atom. The van der Waals surface area contributed by atoms with Gasteiger partial charge in [0.2, 0.25) is 0 Å². The maximum atomic E-state index is 11.9. The Hall–Kier alpha value is -0.670. The lowest BCUT2D eigenvalue weighted by molar-refractivity contribution is -0.139. The summed E-state index contributed by atoms with van der Waals surface area (Å²) in [7, 11) is -3.94. The molecule has 6 nitrogen and oxygen atoms in total. The van der Waals surface area contributed by atoms with E-state index in [2.05, 4.69) is 0 Å². The topological polar surface area (TPSA) is 104 Å². The highest BCUT2D eigenvalue weighted by molar-refractivity contribution is 7.91. The molecule has 0 aromatic carbocycles. The minimum Gasteiger partial charge on any atom is -0.480 e. The van der Waals surface area contributed by atoms with Crippen LogP contribution >= 0.6 is 22.9 Å². The molecule has 0 bridgehead atoms. The third-order valence-corrected chi connectivity index (χ3v) is 5.61. The van der Waals surface area contributed by atoms with Gasteiger partial charge in [-0.05, 0) is 25.0 Å². The molecule has 102 valence electrons. The summed E-state index contributed by atoms with van der Waals surface area (Å²) in [6, 6.07) is 0.00823. The van der Waals surface area contributed by atoms with Gasteiger partial charge in [-0.3, -0.25) is 4.79 Å². The zero-order chi connectivity index (χ0) is 13.9. The van der Waals surface area contributed by atoms with E-state index in [-0.39, 0.29) is 10.6 Å². The number of aliphatic hydroxyl groups excluding tert-OH is 1. The third kappa shape index (κ3) is 3.66. The second-order valence-electron chi connectivity index (χ2n) is 3.55. The van der Waals surface area contributed by atoms with Gasteiger partial charge in [0.25, 0.3) is 10.0 Å². The van der Waals surface area contributed by atoms with Crippen molar-refractivity contribution in [3.8, 4) is 0 Å². The number of carbonyl (C=O) groups is 1. The van der Waals surface area contributed by atoms with E-state index in [1.807, 2.05) is 4.72 Å². The zero-order valence-corrected chi connectivity index (χ0v) is 11.8. The summed E-state index contributed by atoms with van der Waals surface area (Å²) in [5, 5.41) is 17.5. The van der Waals surface area contributed by atoms with E-state index in [0.717, 1.165) is 11.3 Å². The van der Waals surface area contributed by atoms with E-state index in [4.69, 9.17) is 21.8 Å². The summed E-state index contributed by atoms with van der Waals surface area (Å²) < 4.78 is 26.1. The van der Waals surface area contributed by atoms with E-state index < -0.39 is 28.6 Å². The molecular weight excluding hydrogens is 302 g/mol. The summed E-state index contributed by atoms with van der Waals surface area (Å²) >= 11 is 6.62. The van der Waals surface area contributed by atoms with E-state index in [1.54, 1.807) is 6.92 Å². The van der Waals surface area contributed by atoms with Crippen molar-refractivity contribution in [1.29, 1.82) is 0 Å². The Kier molecular flexibility index (Phi) is 5.11. The number of halogens is 1. The van der Waals surface area contributed by atoms with Crippen molar-refractivity contribution in [2.75, 3.05) is 6.61 Å². The number of carboxylic acids is 1. The Bertz CT molecular complexity index is 520. The molecule has 0 spiro atoms. The lowest BCUT2D eigenvalue weighted by Gasteiger charge is -2.12. The third-order valence-electron chi connectivity index (χ3n) is 2.11. The highest BCUT2D eigenvalue weighted by Crippen LogP contribution is 2.30. The maximum absolute atomic E-state index is 11.9. The van der Waals surface area contributed by atoms with Gasteiger partial charge in [-0.25, -0.2) is 8.42 Å². The second kappa shape index (κ2) is 5.98. The van der Waals surface area contributed by atoms with Crippen LogP contribution < -0.4 is 4.72 Å². The van der Waals surface area contributed by atoms with Crippen LogP contribution in [0.25, 0.3) is 0 Å². The monoisotopic (exact) mass is 313 g/mol. The molecule has 3 N–H and O–H groups in total. The van der Waals surface area contributed by atoms with Crippen molar-refractivity contribution in [1.82, 2.24) is 4.72 Å². The minimum atomic E-state index is -3.94. The normalized spacial score (nSPS) is 13.5. The molecule has 0 aliphatic carbocycles. The van der Waals surface area contributed by atoms with Crippen molar-refractivity contribution in [3.63, 3.8) is 0 Å². The maximum Gasteiger partial charge on any atom is 0.321 e. The molecule has 1 aromatic rings. The first-order valence-electron chi connectivity index (χ1n) is 4.90. The predicted molar refractivity (Wildman–Crippen MR) is 67.5 cm³/mol. The first kappa shape index (κ1) is 15.4. The van der Waals surface area contributed by atoms with Gasteiger partial charge in [-0.15, -0.1) is 11.3 Å². The fraction of sp³-hybridized carbons (Fsp3) is 0.444.